The van der Waals surface area contributed by atoms with Crippen LogP contribution in [0.5, 0.6) is 11.6 Å². The number of H-pyrrole nitrogens is 1. The molecule has 0 bridgehead atoms. The first-order valence-corrected chi connectivity index (χ1v) is 5.39. The number of hydrogen-bond donors (Lipinski definition) is 1. The van der Waals surface area contributed by atoms with Gasteiger partial charge in [0.2, 0.25) is 11.4 Å². The number of rotatable bonds is 2. The van der Waals surface area contributed by atoms with Gasteiger partial charge in [0.05, 0.1) is 6.20 Å². The maximum Gasteiger partial charge on any atom is 0.249 e. The molecule has 0 amide bonds. The van der Waals surface area contributed by atoms with E-state index in [1.54, 1.807) is 36.7 Å². The van der Waals surface area contributed by atoms with Gasteiger partial charge in [-0.25, -0.2) is 0 Å². The smallest absolute Gasteiger partial charge is 0.249 e. The summed E-state index contributed by atoms with van der Waals surface area (Å²) in [6.07, 6.45) is 3.26. The van der Waals surface area contributed by atoms with Crippen LogP contribution in [0.1, 0.15) is 0 Å². The Morgan fingerprint density at radius 3 is 2.83 bits per heavy atom. The Kier molecular flexibility index (Phi) is 2.49. The van der Waals surface area contributed by atoms with E-state index in [2.05, 4.69) is 15.0 Å². The van der Waals surface area contributed by atoms with Gasteiger partial charge in [-0.1, -0.05) is 0 Å². The lowest BCUT2D eigenvalue weighted by atomic mass is 10.3. The van der Waals surface area contributed by atoms with Gasteiger partial charge in [0.15, 0.2) is 0 Å². The van der Waals surface area contributed by atoms with E-state index in [1.165, 1.54) is 6.07 Å². The van der Waals surface area contributed by atoms with E-state index in [1.807, 2.05) is 6.07 Å². The summed E-state index contributed by atoms with van der Waals surface area (Å²) in [5.74, 6) is 1.01. The lowest BCUT2D eigenvalue weighted by Crippen LogP contribution is -2.03. The van der Waals surface area contributed by atoms with Gasteiger partial charge in [0.25, 0.3) is 0 Å². The van der Waals surface area contributed by atoms with Crippen molar-refractivity contribution in [3.63, 3.8) is 0 Å². The van der Waals surface area contributed by atoms with Crippen LogP contribution < -0.4 is 10.3 Å². The quantitative estimate of drug-likeness (QED) is 0.743. The molecule has 0 radical (unpaired) electrons. The Hall–Kier alpha value is -2.69. The van der Waals surface area contributed by atoms with E-state index in [9.17, 15) is 4.79 Å². The number of aromatic nitrogens is 3. The van der Waals surface area contributed by atoms with Crippen LogP contribution in [0.25, 0.3) is 11.0 Å². The molecule has 0 aliphatic carbocycles. The van der Waals surface area contributed by atoms with Gasteiger partial charge in [-0.2, -0.15) is 4.98 Å². The largest absolute Gasteiger partial charge is 0.437 e. The molecule has 3 aromatic heterocycles. The zero-order valence-corrected chi connectivity index (χ0v) is 9.33. The molecule has 0 aliphatic rings. The van der Waals surface area contributed by atoms with E-state index in [0.717, 1.165) is 5.39 Å². The van der Waals surface area contributed by atoms with Gasteiger partial charge in [-0.15, -0.1) is 0 Å². The highest BCUT2D eigenvalue weighted by Crippen LogP contribution is 2.19. The lowest BCUT2D eigenvalue weighted by molar-refractivity contribution is 0.462. The molecule has 0 fully saturated rings. The van der Waals surface area contributed by atoms with Crippen molar-refractivity contribution in [2.24, 2.45) is 0 Å². The minimum atomic E-state index is -0.187. The van der Waals surface area contributed by atoms with Crippen LogP contribution >= 0.6 is 0 Å². The molecule has 3 heterocycles. The summed E-state index contributed by atoms with van der Waals surface area (Å²) in [6, 6.07) is 10.3. The van der Waals surface area contributed by atoms with Crippen LogP contribution in [-0.2, 0) is 0 Å². The van der Waals surface area contributed by atoms with Crippen molar-refractivity contribution in [2.75, 3.05) is 0 Å². The van der Waals surface area contributed by atoms with Crippen LogP contribution in [0, 0.1) is 0 Å². The van der Waals surface area contributed by atoms with Crippen LogP contribution in [0.4, 0.5) is 0 Å². The highest BCUT2D eigenvalue weighted by Gasteiger charge is 2.01. The molecule has 3 rings (SSSR count). The summed E-state index contributed by atoms with van der Waals surface area (Å²) < 4.78 is 5.53. The lowest BCUT2D eigenvalue weighted by Gasteiger charge is -2.04. The average molecular weight is 239 g/mol. The molecule has 0 spiro atoms. The van der Waals surface area contributed by atoms with E-state index in [0.29, 0.717) is 17.3 Å². The molecule has 0 saturated heterocycles. The third-order valence-corrected chi connectivity index (χ3v) is 2.41. The van der Waals surface area contributed by atoms with Gasteiger partial charge in [0.1, 0.15) is 11.4 Å². The molecule has 88 valence electrons. The fourth-order valence-corrected chi connectivity index (χ4v) is 1.60. The number of aromatic amines is 1. The molecule has 5 nitrogen and oxygen atoms in total. The number of nitrogens with zero attached hydrogens (tertiary/aromatic N) is 2. The molecule has 5 heteroatoms. The van der Waals surface area contributed by atoms with Gasteiger partial charge >= 0.3 is 0 Å². The fraction of sp³-hybridized carbons (Fsp3) is 0. The molecule has 18 heavy (non-hydrogen) atoms. The second kappa shape index (κ2) is 4.29. The van der Waals surface area contributed by atoms with E-state index < -0.39 is 0 Å². The molecule has 0 aromatic carbocycles. The van der Waals surface area contributed by atoms with Gasteiger partial charge in [-0.3, -0.25) is 9.78 Å². The summed E-state index contributed by atoms with van der Waals surface area (Å²) in [4.78, 5) is 22.0. The molecule has 1 N–H and O–H groups in total. The second-order valence-electron chi connectivity index (χ2n) is 3.70. The Morgan fingerprint density at radius 2 is 2.00 bits per heavy atom. The molecule has 0 saturated carbocycles. The minimum Gasteiger partial charge on any atom is -0.437 e. The van der Waals surface area contributed by atoms with Crippen molar-refractivity contribution in [3.05, 3.63) is 59.1 Å². The first-order chi connectivity index (χ1) is 8.81. The molecule has 0 aliphatic heterocycles. The standard InChI is InChI=1S/C13H9N3O2/c17-11-5-3-9-4-6-12(16-13(9)15-11)18-10-2-1-7-14-8-10/h1-8H,(H,15,16,17). The van der Waals surface area contributed by atoms with Crippen LogP contribution in [0.2, 0.25) is 0 Å². The van der Waals surface area contributed by atoms with Crippen molar-refractivity contribution in [1.82, 2.24) is 15.0 Å². The first kappa shape index (κ1) is 10.5. The number of fused-ring (bicyclic) bond motifs is 1. The zero-order chi connectivity index (χ0) is 12.4. The van der Waals surface area contributed by atoms with Gasteiger partial charge in [0, 0.05) is 23.7 Å². The second-order valence-corrected chi connectivity index (χ2v) is 3.70. The topological polar surface area (TPSA) is 67.9 Å². The third-order valence-electron chi connectivity index (χ3n) is 2.41. The number of ether oxygens (including phenoxy) is 1. The molecule has 0 unspecified atom stereocenters. The monoisotopic (exact) mass is 239 g/mol. The predicted octanol–water partition coefficient (Wildman–Crippen LogP) is 2.11. The van der Waals surface area contributed by atoms with Crippen LogP contribution in [0.15, 0.2) is 53.6 Å². The van der Waals surface area contributed by atoms with E-state index in [4.69, 9.17) is 4.74 Å². The molecular weight excluding hydrogens is 230 g/mol. The number of pyridine rings is 3. The van der Waals surface area contributed by atoms with Crippen molar-refractivity contribution < 1.29 is 4.74 Å². The summed E-state index contributed by atoms with van der Waals surface area (Å²) in [6.45, 7) is 0. The zero-order valence-electron chi connectivity index (χ0n) is 9.33. The van der Waals surface area contributed by atoms with Crippen LogP contribution in [0.3, 0.4) is 0 Å². The minimum absolute atomic E-state index is 0.187. The maximum atomic E-state index is 11.2. The fourth-order valence-electron chi connectivity index (χ4n) is 1.60. The highest BCUT2D eigenvalue weighted by atomic mass is 16.5. The summed E-state index contributed by atoms with van der Waals surface area (Å²) in [5, 5.41) is 0.855. The maximum absolute atomic E-state index is 11.2. The van der Waals surface area contributed by atoms with Crippen molar-refractivity contribution in [1.29, 1.82) is 0 Å². The third kappa shape index (κ3) is 2.06. The molecule has 0 atom stereocenters. The van der Waals surface area contributed by atoms with Crippen molar-refractivity contribution >= 4 is 11.0 Å². The number of hydrogen-bond acceptors (Lipinski definition) is 4. The Balaban J connectivity index is 2.00. The Bertz CT molecular complexity index is 738. The summed E-state index contributed by atoms with van der Waals surface area (Å²) >= 11 is 0. The Morgan fingerprint density at radius 1 is 1.11 bits per heavy atom. The van der Waals surface area contributed by atoms with Gasteiger partial charge < -0.3 is 9.72 Å². The molecular formula is C13H9N3O2. The molecule has 3 aromatic rings. The summed E-state index contributed by atoms with van der Waals surface area (Å²) in [7, 11) is 0. The highest BCUT2D eigenvalue weighted by molar-refractivity contribution is 5.74. The van der Waals surface area contributed by atoms with Crippen molar-refractivity contribution in [2.45, 2.75) is 0 Å². The van der Waals surface area contributed by atoms with Gasteiger partial charge in [-0.05, 0) is 24.3 Å². The normalized spacial score (nSPS) is 10.4. The predicted molar refractivity (Wildman–Crippen MR) is 66.7 cm³/mol. The first-order valence-electron chi connectivity index (χ1n) is 5.39. The Labute approximate surface area is 102 Å². The summed E-state index contributed by atoms with van der Waals surface area (Å²) in [5.41, 5.74) is 0.317. The average Bonchev–Trinajstić information content (AvgIpc) is 2.39. The van der Waals surface area contributed by atoms with Crippen LogP contribution in [-0.4, -0.2) is 15.0 Å². The number of nitrogens with one attached hydrogen (secondary N) is 1. The van der Waals surface area contributed by atoms with E-state index >= 15 is 0 Å². The van der Waals surface area contributed by atoms with Crippen molar-refractivity contribution in [3.8, 4) is 11.6 Å². The van der Waals surface area contributed by atoms with E-state index in [-0.39, 0.29) is 5.56 Å². The SMILES string of the molecule is O=c1ccc2ccc(Oc3cccnc3)nc2[nH]1.